The number of amides is 1. The van der Waals surface area contributed by atoms with Gasteiger partial charge in [0.15, 0.2) is 0 Å². The first-order valence-electron chi connectivity index (χ1n) is 41.6. The van der Waals surface area contributed by atoms with E-state index in [-0.39, 0.29) is 90.1 Å². The van der Waals surface area contributed by atoms with Gasteiger partial charge in [-0.3, -0.25) is 90.9 Å². The summed E-state index contributed by atoms with van der Waals surface area (Å²) >= 11 is 7.22. The third kappa shape index (κ3) is 26.0. The van der Waals surface area contributed by atoms with Gasteiger partial charge in [-0.25, -0.2) is 33.4 Å². The zero-order valence-electron chi connectivity index (χ0n) is 74.1. The Morgan fingerprint density at radius 1 is 0.507 bits per heavy atom. The van der Waals surface area contributed by atoms with Crippen LogP contribution in [0, 0.1) is 47.0 Å². The van der Waals surface area contributed by atoms with Gasteiger partial charge in [-0.1, -0.05) is 64.9 Å². The van der Waals surface area contributed by atoms with Crippen molar-refractivity contribution in [2.45, 2.75) is 204 Å². The molecule has 48 heteroatoms. The second kappa shape index (κ2) is 46.7. The first-order valence-corrected chi connectivity index (χ1v) is 42.0. The number of benzene rings is 3. The molecule has 5 fully saturated rings. The number of nitrogens with one attached hydrogen (secondary N) is 6. The second-order valence-electron chi connectivity index (χ2n) is 31.1. The van der Waals surface area contributed by atoms with Gasteiger partial charge in [-0.05, 0) is 81.1 Å². The molecule has 5 aliphatic heterocycles. The first kappa shape index (κ1) is 102. The summed E-state index contributed by atoms with van der Waals surface area (Å²) in [7, 11) is 3.31. The number of alkyl carbamates (subject to hydrolysis) is 1. The lowest BCUT2D eigenvalue weighted by atomic mass is 9.84. The Morgan fingerprint density at radius 3 is 1.23 bits per heavy atom. The van der Waals surface area contributed by atoms with Crippen molar-refractivity contribution < 1.29 is 96.1 Å². The molecule has 14 rings (SSSR count). The number of aliphatic hydroxyl groups is 3. The largest absolute Gasteiger partial charge is 0.497 e. The lowest BCUT2D eigenvalue weighted by molar-refractivity contribution is -0.157. The number of alkyl halides is 1. The van der Waals surface area contributed by atoms with Crippen molar-refractivity contribution in [2.75, 3.05) is 47.3 Å². The summed E-state index contributed by atoms with van der Waals surface area (Å²) in [5.41, 5.74) is 7.84. The van der Waals surface area contributed by atoms with Crippen LogP contribution in [0.5, 0.6) is 11.5 Å². The predicted octanol–water partition coefficient (Wildman–Crippen LogP) is 2.38. The van der Waals surface area contributed by atoms with E-state index in [1.807, 2.05) is 78.9 Å². The van der Waals surface area contributed by atoms with E-state index in [4.69, 9.17) is 85.5 Å². The lowest BCUT2D eigenvalue weighted by Crippen LogP contribution is -2.34. The average Bonchev–Trinajstić information content (AvgIpc) is 1.59. The average molecular weight is 1890 g/mol. The van der Waals surface area contributed by atoms with Gasteiger partial charge >= 0.3 is 58.4 Å². The molecular weight excluding hydrogens is 1790 g/mol. The molecule has 11 heterocycles. The number of nitrogens with zero attached hydrogens (tertiary/aromatic N) is 11. The highest BCUT2D eigenvalue weighted by atomic mass is 35.5. The van der Waals surface area contributed by atoms with E-state index in [9.17, 15) is 82.1 Å². The fraction of sp³-hybridized carbons (Fsp3) is 0.453. The number of ether oxygens (including phenoxy) is 12. The Kier molecular flexibility index (Phi) is 35.5. The monoisotopic (exact) mass is 1890 g/mol. The number of H-pyrrole nitrogens is 5. The summed E-state index contributed by atoms with van der Waals surface area (Å²) in [6.07, 6.45) is 4.39. The Hall–Kier alpha value is -14.2. The van der Waals surface area contributed by atoms with E-state index >= 15 is 0 Å². The highest BCUT2D eigenvalue weighted by Gasteiger charge is 2.45. The van der Waals surface area contributed by atoms with Crippen LogP contribution >= 0.6 is 11.6 Å². The van der Waals surface area contributed by atoms with Crippen molar-refractivity contribution in [1.82, 2.24) is 68.1 Å². The van der Waals surface area contributed by atoms with Crippen molar-refractivity contribution >= 4 is 41.6 Å². The highest BCUT2D eigenvalue weighted by Crippen LogP contribution is 2.45. The number of azide groups is 1. The SMILES string of the molecule is C#CCCC(=O)OC[C@H]1O[C@@H](n2cc(C)c(=O)[nH]c2=O)C[C@H]1OC(C)=O.CC(=O)O[C@@H]1C[C@H](n2cc(C)c(=O)[nH]c2=O)O[C@@H]1CO.CC(=O)O[C@@H]1C[C@H](n2cc(C)c(=O)[nH]c2=O)O[C@@H]1COC(=O)NCc1cn([C@@H]2C[C@H](n3cc(C)c(=O)[nH]c3=O)O[C@@H]2CO)nn1.COc1ccc(C(Cl)(c2ccccc2)c2ccc(OC)cc2)cc1.Cc1cn([C@H]2C[C@@H](N=[N+]=[N-])[C@@H](CO)O2)c(=O)[nH]c1=O. The third-order valence-electron chi connectivity index (χ3n) is 21.6. The minimum Gasteiger partial charge on any atom is -0.497 e. The molecule has 6 aromatic heterocycles. The number of esters is 4. The van der Waals surface area contributed by atoms with Crippen LogP contribution in [0.4, 0.5) is 4.79 Å². The number of methoxy groups -OCH3 is 2. The zero-order chi connectivity index (χ0) is 97.5. The van der Waals surface area contributed by atoms with Crippen LogP contribution in [0.3, 0.4) is 0 Å². The number of aromatic amines is 5. The van der Waals surface area contributed by atoms with Gasteiger partial charge < -0.3 is 77.5 Å². The molecule has 134 heavy (non-hydrogen) atoms. The van der Waals surface area contributed by atoms with Gasteiger partial charge in [0.1, 0.15) is 109 Å². The number of aryl methyl sites for hydroxylation is 5. The lowest BCUT2D eigenvalue weighted by Gasteiger charge is -2.29. The van der Waals surface area contributed by atoms with Crippen LogP contribution in [0.1, 0.15) is 153 Å². The maximum absolute atomic E-state index is 12.5. The number of hydrogen-bond acceptors (Lipinski definition) is 33. The molecule has 5 aliphatic rings. The number of aliphatic hydroxyl groups excluding tert-OH is 3. The topological polar surface area (TPSA) is 623 Å². The smallest absolute Gasteiger partial charge is 0.407 e. The van der Waals surface area contributed by atoms with Gasteiger partial charge in [0.2, 0.25) is 0 Å². The zero-order valence-corrected chi connectivity index (χ0v) is 74.8. The molecule has 0 radical (unpaired) electrons. The normalized spacial score (nSPS) is 22.0. The molecule has 3 aromatic carbocycles. The maximum Gasteiger partial charge on any atom is 0.407 e. The number of carbonyl (C=O) groups is 5. The summed E-state index contributed by atoms with van der Waals surface area (Å²) in [4.78, 5) is 189. The van der Waals surface area contributed by atoms with Crippen LogP contribution in [0.25, 0.3) is 10.4 Å². The van der Waals surface area contributed by atoms with E-state index in [0.29, 0.717) is 27.9 Å². The fourth-order valence-electron chi connectivity index (χ4n) is 14.8. The van der Waals surface area contributed by atoms with Crippen molar-refractivity contribution in [1.29, 1.82) is 0 Å². The molecule has 0 unspecified atom stereocenters. The Balaban J connectivity index is 0.000000181. The van der Waals surface area contributed by atoms with Gasteiger partial charge in [0.05, 0.1) is 71.4 Å². The number of rotatable bonds is 26. The minimum absolute atomic E-state index is 0.0729. The van der Waals surface area contributed by atoms with Crippen molar-refractivity contribution in [3.63, 3.8) is 0 Å². The van der Waals surface area contributed by atoms with Crippen molar-refractivity contribution in [3.8, 4) is 23.8 Å². The molecule has 1 amide bonds. The molecule has 9 aromatic rings. The number of halogens is 1. The second-order valence-corrected chi connectivity index (χ2v) is 31.6. The number of carbonyl (C=O) groups excluding carboxylic acids is 5. The van der Waals surface area contributed by atoms with Crippen LogP contribution in [-0.4, -0.2) is 210 Å². The Labute approximate surface area is 763 Å². The van der Waals surface area contributed by atoms with Gasteiger partial charge in [-0.2, -0.15) is 0 Å². The van der Waals surface area contributed by atoms with E-state index < -0.39 is 183 Å². The number of aromatic nitrogens is 13. The predicted molar refractivity (Wildman–Crippen MR) is 468 cm³/mol. The molecule has 0 bridgehead atoms. The highest BCUT2D eigenvalue weighted by molar-refractivity contribution is 6.28. The molecule has 0 aliphatic carbocycles. The van der Waals surface area contributed by atoms with Crippen molar-refractivity contribution in [2.24, 2.45) is 5.11 Å². The molecule has 9 N–H and O–H groups in total. The summed E-state index contributed by atoms with van der Waals surface area (Å²) in [6.45, 7) is 9.96. The summed E-state index contributed by atoms with van der Waals surface area (Å²) < 4.78 is 72.4. The standard InChI is InChI=1S/C26H32N8O11.C21H19ClO2.C17H20N2O7.C12H16N2O6.C10H13N5O4/c1-12-7-32(24(39)28-22(12)37)20-4-16(18(10-35)44-20)34-9-15(30-31-34)6-27-26(41)42-11-19-17(43-14(3)36)5-21(45-19)33-8-13(2)23(38)29-25(33)40;1-23-19-12-8-17(9-13-19)21(22,16-6-4-3-5-7-16)18-10-14-20(24-2)15-11-18;1-4-5-6-15(21)24-9-13-12(25-11(3)20)7-14(26-13)19-8-10(2)16(22)18-17(19)23;1-6-4-14(12(18)13-11(6)17)10-3-8(19-7(2)16)9(5-15)20-10;1-5-3-15(10(18)12-9(5)17)8-2-6(13-14-11)7(4-16)19-8/h7-9,16-21,35H,4-6,10-11H2,1-3H3,(H,27,41)(H,28,37,39)(H,29,38,40);3-15H,1-2H3;1,8,12-14H,5-7,9H2,2-3H3,(H,18,22,23);4,8-10,15H,3,5H2,1-2H3,(H,13,17,18);3,6-8,16H,2,4H2,1H3,(H,12,17,18)/t16-,17-,18-,19-,20-,21-;;12-,13-,14-;8-,9-,10-;6-,7-,8-/m1.111/s1. The Bertz CT molecular complexity index is 6340. The minimum atomic E-state index is -0.894. The first-order chi connectivity index (χ1) is 63.9. The molecule has 5 saturated heterocycles. The molecule has 0 spiro atoms. The van der Waals surface area contributed by atoms with Crippen molar-refractivity contribution in [3.05, 3.63) is 281 Å². The molecule has 716 valence electrons. The van der Waals surface area contributed by atoms with Crippen LogP contribution in [0.2, 0.25) is 0 Å². The number of terminal acetylenes is 1. The van der Waals surface area contributed by atoms with E-state index in [1.54, 1.807) is 48.1 Å². The fourth-order valence-corrected chi connectivity index (χ4v) is 15.2. The van der Waals surface area contributed by atoms with E-state index in [0.717, 1.165) is 28.2 Å². The van der Waals surface area contributed by atoms with E-state index in [1.165, 1.54) is 86.2 Å². The van der Waals surface area contributed by atoms with Crippen LogP contribution in [-0.2, 0) is 78.0 Å². The maximum atomic E-state index is 12.5. The molecular formula is C86H100ClN17O30. The van der Waals surface area contributed by atoms with Gasteiger partial charge in [0.25, 0.3) is 27.8 Å². The van der Waals surface area contributed by atoms with Gasteiger partial charge in [0, 0.05) is 123 Å². The summed E-state index contributed by atoms with van der Waals surface area (Å²) in [6, 6.07) is 24.8. The van der Waals surface area contributed by atoms with Crippen LogP contribution in [0.15, 0.2) is 169 Å². The number of hydrogen-bond donors (Lipinski definition) is 9. The summed E-state index contributed by atoms with van der Waals surface area (Å²) in [5, 5.41) is 42.4. The quantitative estimate of drug-likeness (QED) is 0.00549. The molecule has 15 atom stereocenters. The third-order valence-corrected chi connectivity index (χ3v) is 22.3. The van der Waals surface area contributed by atoms with E-state index in [2.05, 4.69) is 56.5 Å². The summed E-state index contributed by atoms with van der Waals surface area (Å²) in [5.74, 6) is 1.87. The van der Waals surface area contributed by atoms with Gasteiger partial charge in [-0.15, -0.1) is 29.0 Å². The molecule has 0 saturated carbocycles. The Morgan fingerprint density at radius 2 is 0.858 bits per heavy atom. The molecule has 47 nitrogen and oxygen atoms in total. The van der Waals surface area contributed by atoms with Crippen LogP contribution < -0.4 is 71.0 Å².